The molecule has 0 N–H and O–H groups in total. The summed E-state index contributed by atoms with van der Waals surface area (Å²) >= 11 is 0. The Hall–Kier alpha value is -3.54. The number of esters is 1. The van der Waals surface area contributed by atoms with E-state index in [0.29, 0.717) is 22.0 Å². The van der Waals surface area contributed by atoms with E-state index in [1.54, 1.807) is 54.7 Å². The summed E-state index contributed by atoms with van der Waals surface area (Å²) in [5, 5.41) is 0.822. The van der Waals surface area contributed by atoms with E-state index in [9.17, 15) is 9.59 Å². The van der Waals surface area contributed by atoms with E-state index < -0.39 is 5.97 Å². The van der Waals surface area contributed by atoms with Crippen LogP contribution < -0.4 is 5.43 Å². The SMILES string of the molecule is COC(=O)c1ccc(-c2ccc3c(=O)c4cccnc4oc3n2)cc1. The zero-order valence-electron chi connectivity index (χ0n) is 13.2. The van der Waals surface area contributed by atoms with Crippen LogP contribution in [0.5, 0.6) is 0 Å². The monoisotopic (exact) mass is 332 g/mol. The first-order chi connectivity index (χ1) is 12.2. The van der Waals surface area contributed by atoms with Gasteiger partial charge in [0.15, 0.2) is 0 Å². The molecule has 6 nitrogen and oxygen atoms in total. The van der Waals surface area contributed by atoms with Crippen molar-refractivity contribution >= 4 is 28.2 Å². The van der Waals surface area contributed by atoms with Crippen LogP contribution in [0.2, 0.25) is 0 Å². The van der Waals surface area contributed by atoms with Gasteiger partial charge in [-0.05, 0) is 36.4 Å². The van der Waals surface area contributed by atoms with Crippen molar-refractivity contribution < 1.29 is 13.9 Å². The van der Waals surface area contributed by atoms with E-state index in [1.807, 2.05) is 0 Å². The van der Waals surface area contributed by atoms with Crippen LogP contribution in [0.4, 0.5) is 0 Å². The Labute approximate surface area is 141 Å². The molecule has 0 aliphatic carbocycles. The van der Waals surface area contributed by atoms with Crippen LogP contribution in [-0.2, 0) is 4.74 Å². The van der Waals surface area contributed by atoms with E-state index in [1.165, 1.54) is 7.11 Å². The maximum atomic E-state index is 12.5. The fourth-order valence-corrected chi connectivity index (χ4v) is 2.63. The second kappa shape index (κ2) is 5.83. The molecule has 0 saturated carbocycles. The number of pyridine rings is 2. The summed E-state index contributed by atoms with van der Waals surface area (Å²) in [6.07, 6.45) is 1.56. The zero-order chi connectivity index (χ0) is 17.4. The molecule has 122 valence electrons. The molecule has 6 heteroatoms. The number of hydrogen-bond donors (Lipinski definition) is 0. The van der Waals surface area contributed by atoms with Crippen molar-refractivity contribution in [1.29, 1.82) is 0 Å². The van der Waals surface area contributed by atoms with Gasteiger partial charge in [-0.15, -0.1) is 0 Å². The Morgan fingerprint density at radius 1 is 1.00 bits per heavy atom. The third-order valence-electron chi connectivity index (χ3n) is 3.92. The minimum atomic E-state index is -0.401. The van der Waals surface area contributed by atoms with E-state index in [0.717, 1.165) is 5.56 Å². The van der Waals surface area contributed by atoms with Crippen molar-refractivity contribution in [3.8, 4) is 11.3 Å². The summed E-state index contributed by atoms with van der Waals surface area (Å²) in [5.41, 5.74) is 2.19. The van der Waals surface area contributed by atoms with Gasteiger partial charge in [-0.1, -0.05) is 12.1 Å². The van der Waals surface area contributed by atoms with Gasteiger partial charge >= 0.3 is 5.97 Å². The Kier molecular flexibility index (Phi) is 3.50. The summed E-state index contributed by atoms with van der Waals surface area (Å²) in [7, 11) is 1.33. The van der Waals surface area contributed by atoms with Crippen molar-refractivity contribution in [3.05, 3.63) is 70.5 Å². The van der Waals surface area contributed by atoms with Crippen LogP contribution in [0.1, 0.15) is 10.4 Å². The number of hydrogen-bond acceptors (Lipinski definition) is 6. The highest BCUT2D eigenvalue weighted by atomic mass is 16.5. The van der Waals surface area contributed by atoms with Gasteiger partial charge in [0.1, 0.15) is 0 Å². The second-order valence-electron chi connectivity index (χ2n) is 5.41. The van der Waals surface area contributed by atoms with Gasteiger partial charge in [0.05, 0.1) is 29.1 Å². The summed E-state index contributed by atoms with van der Waals surface area (Å²) < 4.78 is 10.4. The molecule has 0 unspecified atom stereocenters. The minimum Gasteiger partial charge on any atom is -0.465 e. The zero-order valence-corrected chi connectivity index (χ0v) is 13.2. The molecule has 0 amide bonds. The number of fused-ring (bicyclic) bond motifs is 2. The van der Waals surface area contributed by atoms with E-state index in [4.69, 9.17) is 4.42 Å². The first-order valence-electron chi connectivity index (χ1n) is 7.55. The summed E-state index contributed by atoms with van der Waals surface area (Å²) in [6, 6.07) is 13.6. The molecule has 4 aromatic rings. The number of rotatable bonds is 2. The van der Waals surface area contributed by atoms with Crippen molar-refractivity contribution in [2.75, 3.05) is 7.11 Å². The lowest BCUT2D eigenvalue weighted by Crippen LogP contribution is -2.04. The fraction of sp³-hybridized carbons (Fsp3) is 0.0526. The molecular weight excluding hydrogens is 320 g/mol. The topological polar surface area (TPSA) is 82.3 Å². The highest BCUT2D eigenvalue weighted by Gasteiger charge is 2.11. The van der Waals surface area contributed by atoms with Gasteiger partial charge in [-0.25, -0.2) is 14.8 Å². The minimum absolute atomic E-state index is 0.163. The molecule has 0 saturated heterocycles. The Morgan fingerprint density at radius 3 is 2.52 bits per heavy atom. The van der Waals surface area contributed by atoms with Crippen LogP contribution in [-0.4, -0.2) is 23.0 Å². The number of methoxy groups -OCH3 is 1. The van der Waals surface area contributed by atoms with Gasteiger partial charge in [-0.3, -0.25) is 4.79 Å². The molecule has 0 spiro atoms. The molecule has 0 aliphatic rings. The Bertz CT molecular complexity index is 1160. The van der Waals surface area contributed by atoms with Crippen molar-refractivity contribution in [2.45, 2.75) is 0 Å². The maximum absolute atomic E-state index is 12.5. The normalized spacial score (nSPS) is 10.9. The van der Waals surface area contributed by atoms with Crippen LogP contribution in [0.25, 0.3) is 33.5 Å². The maximum Gasteiger partial charge on any atom is 0.337 e. The van der Waals surface area contributed by atoms with Crippen LogP contribution >= 0.6 is 0 Å². The molecule has 0 aliphatic heterocycles. The van der Waals surface area contributed by atoms with Crippen LogP contribution in [0, 0.1) is 0 Å². The molecule has 1 aromatic carbocycles. The molecular formula is C19H12N2O4. The predicted octanol–water partition coefficient (Wildman–Crippen LogP) is 3.19. The first-order valence-corrected chi connectivity index (χ1v) is 7.55. The molecule has 3 heterocycles. The molecule has 25 heavy (non-hydrogen) atoms. The molecule has 4 rings (SSSR count). The molecule has 0 radical (unpaired) electrons. The molecule has 0 atom stereocenters. The number of nitrogens with zero attached hydrogens (tertiary/aromatic N) is 2. The predicted molar refractivity (Wildman–Crippen MR) is 92.4 cm³/mol. The fourth-order valence-electron chi connectivity index (χ4n) is 2.63. The number of carbonyl (C=O) groups excluding carboxylic acids is 1. The van der Waals surface area contributed by atoms with Gasteiger partial charge in [-0.2, -0.15) is 0 Å². The molecule has 3 aromatic heterocycles. The van der Waals surface area contributed by atoms with Crippen LogP contribution in [0.3, 0.4) is 0 Å². The summed E-state index contributed by atoms with van der Waals surface area (Å²) in [5.74, 6) is -0.401. The van der Waals surface area contributed by atoms with Gasteiger partial charge in [0.2, 0.25) is 16.9 Å². The Balaban J connectivity index is 1.85. The third kappa shape index (κ3) is 2.53. The van der Waals surface area contributed by atoms with E-state index >= 15 is 0 Å². The van der Waals surface area contributed by atoms with Gasteiger partial charge < -0.3 is 9.15 Å². The Morgan fingerprint density at radius 2 is 1.76 bits per heavy atom. The lowest BCUT2D eigenvalue weighted by molar-refractivity contribution is 0.0601. The smallest absolute Gasteiger partial charge is 0.337 e. The number of ether oxygens (including phenoxy) is 1. The van der Waals surface area contributed by atoms with E-state index in [-0.39, 0.29) is 16.9 Å². The highest BCUT2D eigenvalue weighted by molar-refractivity contribution is 5.90. The average Bonchev–Trinajstić information content (AvgIpc) is 2.67. The van der Waals surface area contributed by atoms with Gasteiger partial charge in [0, 0.05) is 11.8 Å². The summed E-state index contributed by atoms with van der Waals surface area (Å²) in [6.45, 7) is 0. The first kappa shape index (κ1) is 15.0. The van der Waals surface area contributed by atoms with Crippen molar-refractivity contribution in [2.24, 2.45) is 0 Å². The standard InChI is InChI=1S/C19H12N2O4/c1-24-19(23)12-6-4-11(5-7-12)15-9-8-14-16(22)13-3-2-10-20-17(13)25-18(14)21-15/h2-10H,1H3. The number of benzene rings is 1. The molecule has 0 fully saturated rings. The lowest BCUT2D eigenvalue weighted by atomic mass is 10.1. The quantitative estimate of drug-likeness (QED) is 0.414. The average molecular weight is 332 g/mol. The largest absolute Gasteiger partial charge is 0.465 e. The summed E-state index contributed by atoms with van der Waals surface area (Å²) in [4.78, 5) is 32.5. The number of aromatic nitrogens is 2. The van der Waals surface area contributed by atoms with Crippen molar-refractivity contribution in [3.63, 3.8) is 0 Å². The van der Waals surface area contributed by atoms with Crippen molar-refractivity contribution in [1.82, 2.24) is 9.97 Å². The molecule has 0 bridgehead atoms. The second-order valence-corrected chi connectivity index (χ2v) is 5.41. The van der Waals surface area contributed by atoms with Gasteiger partial charge in [0.25, 0.3) is 0 Å². The van der Waals surface area contributed by atoms with E-state index in [2.05, 4.69) is 14.7 Å². The lowest BCUT2D eigenvalue weighted by Gasteiger charge is -2.05. The third-order valence-corrected chi connectivity index (χ3v) is 3.92. The highest BCUT2D eigenvalue weighted by Crippen LogP contribution is 2.22. The number of carbonyl (C=O) groups is 1. The van der Waals surface area contributed by atoms with Crippen LogP contribution in [0.15, 0.2) is 63.9 Å².